The first-order valence-electron chi connectivity index (χ1n) is 6.49. The van der Waals surface area contributed by atoms with Gasteiger partial charge >= 0.3 is 0 Å². The van der Waals surface area contributed by atoms with Crippen LogP contribution in [0.3, 0.4) is 0 Å². The van der Waals surface area contributed by atoms with Crippen LogP contribution in [0.2, 0.25) is 5.02 Å². The molecule has 0 aliphatic carbocycles. The molecule has 0 aliphatic heterocycles. The molecule has 0 amide bonds. The summed E-state index contributed by atoms with van der Waals surface area (Å²) in [7, 11) is 0. The number of likely N-dealkylation sites (N-methyl/N-ethyl adjacent to an activating group) is 1. The minimum absolute atomic E-state index is 0.181. The lowest BCUT2D eigenvalue weighted by Crippen LogP contribution is -2.33. The van der Waals surface area contributed by atoms with Gasteiger partial charge in [-0.25, -0.2) is 4.39 Å². The third kappa shape index (κ3) is 4.29. The van der Waals surface area contributed by atoms with Crippen molar-refractivity contribution < 1.29 is 4.39 Å². The fourth-order valence-electron chi connectivity index (χ4n) is 2.18. The predicted octanol–water partition coefficient (Wildman–Crippen LogP) is 5.07. The maximum Gasteiger partial charge on any atom is 0.127 e. The second-order valence-electron chi connectivity index (χ2n) is 4.59. The van der Waals surface area contributed by atoms with Crippen molar-refractivity contribution in [3.8, 4) is 0 Å². The molecule has 0 aliphatic rings. The van der Waals surface area contributed by atoms with Gasteiger partial charge in [0.1, 0.15) is 5.82 Å². The molecule has 20 heavy (non-hydrogen) atoms. The lowest BCUT2D eigenvalue weighted by Gasteiger charge is -2.18. The standard InChI is InChI=1S/C15H16BrClFNS/c1-2-19-11(7-12-6-10(16)9-20-12)8-13-14(17)4-3-5-15(13)18/h3-6,9,11,19H,2,7-8H2,1H3. The highest BCUT2D eigenvalue weighted by Gasteiger charge is 2.15. The van der Waals surface area contributed by atoms with Crippen molar-refractivity contribution in [1.82, 2.24) is 5.32 Å². The molecule has 1 nitrogen and oxygen atoms in total. The van der Waals surface area contributed by atoms with Crippen LogP contribution in [-0.2, 0) is 12.8 Å². The first kappa shape index (κ1) is 16.0. The van der Waals surface area contributed by atoms with Crippen molar-refractivity contribution in [2.75, 3.05) is 6.54 Å². The van der Waals surface area contributed by atoms with E-state index in [0.29, 0.717) is 17.0 Å². The first-order valence-corrected chi connectivity index (χ1v) is 8.54. The molecule has 1 N–H and O–H groups in total. The molecule has 1 atom stereocenters. The molecule has 2 rings (SSSR count). The maximum absolute atomic E-state index is 13.9. The Morgan fingerprint density at radius 1 is 1.40 bits per heavy atom. The van der Waals surface area contributed by atoms with E-state index >= 15 is 0 Å². The summed E-state index contributed by atoms with van der Waals surface area (Å²) in [5, 5.41) is 5.97. The van der Waals surface area contributed by atoms with Crippen molar-refractivity contribution in [2.24, 2.45) is 0 Å². The number of hydrogen-bond acceptors (Lipinski definition) is 2. The van der Waals surface area contributed by atoms with Gasteiger partial charge in [0, 0.05) is 31.4 Å². The van der Waals surface area contributed by atoms with Gasteiger partial charge in [-0.3, -0.25) is 0 Å². The summed E-state index contributed by atoms with van der Waals surface area (Å²) in [5.41, 5.74) is 0.593. The normalized spacial score (nSPS) is 12.6. The summed E-state index contributed by atoms with van der Waals surface area (Å²) in [5.74, 6) is -0.229. The number of benzene rings is 1. The van der Waals surface area contributed by atoms with Gasteiger partial charge in [-0.1, -0.05) is 24.6 Å². The molecule has 1 heterocycles. The van der Waals surface area contributed by atoms with Crippen LogP contribution in [0.25, 0.3) is 0 Å². The number of hydrogen-bond donors (Lipinski definition) is 1. The van der Waals surface area contributed by atoms with Crippen LogP contribution in [0.5, 0.6) is 0 Å². The van der Waals surface area contributed by atoms with Gasteiger partial charge in [0.05, 0.1) is 0 Å². The van der Waals surface area contributed by atoms with Crippen molar-refractivity contribution in [3.63, 3.8) is 0 Å². The Bertz CT molecular complexity index is 553. The molecule has 1 aromatic heterocycles. The summed E-state index contributed by atoms with van der Waals surface area (Å²) in [4.78, 5) is 1.27. The first-order chi connectivity index (χ1) is 9.60. The van der Waals surface area contributed by atoms with E-state index in [1.807, 2.05) is 0 Å². The molecule has 0 saturated carbocycles. The molecule has 0 saturated heterocycles. The molecule has 0 bridgehead atoms. The smallest absolute Gasteiger partial charge is 0.127 e. The largest absolute Gasteiger partial charge is 0.314 e. The van der Waals surface area contributed by atoms with Crippen LogP contribution in [0.15, 0.2) is 34.1 Å². The summed E-state index contributed by atoms with van der Waals surface area (Å²) >= 11 is 11.3. The Morgan fingerprint density at radius 3 is 2.80 bits per heavy atom. The second-order valence-corrected chi connectivity index (χ2v) is 6.91. The van der Waals surface area contributed by atoms with Crippen LogP contribution in [0.4, 0.5) is 4.39 Å². The van der Waals surface area contributed by atoms with E-state index in [9.17, 15) is 4.39 Å². The third-order valence-electron chi connectivity index (χ3n) is 3.07. The Kier molecular flexibility index (Phi) is 6.02. The van der Waals surface area contributed by atoms with Crippen LogP contribution in [0.1, 0.15) is 17.4 Å². The molecular weight excluding hydrogens is 361 g/mol. The second kappa shape index (κ2) is 7.55. The summed E-state index contributed by atoms with van der Waals surface area (Å²) < 4.78 is 15.0. The average Bonchev–Trinajstić information content (AvgIpc) is 2.80. The predicted molar refractivity (Wildman–Crippen MR) is 88.3 cm³/mol. The van der Waals surface area contributed by atoms with Gasteiger partial charge in [0.2, 0.25) is 0 Å². The molecule has 1 unspecified atom stereocenters. The summed E-state index contributed by atoms with van der Waals surface area (Å²) in [6.45, 7) is 2.91. The lowest BCUT2D eigenvalue weighted by atomic mass is 10.0. The van der Waals surface area contributed by atoms with Crippen LogP contribution in [-0.4, -0.2) is 12.6 Å². The van der Waals surface area contributed by atoms with E-state index in [4.69, 9.17) is 11.6 Å². The van der Waals surface area contributed by atoms with Gasteiger partial charge in [-0.05, 0) is 53.5 Å². The van der Waals surface area contributed by atoms with E-state index < -0.39 is 0 Å². The molecule has 108 valence electrons. The number of halogens is 3. The van der Waals surface area contributed by atoms with Gasteiger partial charge in [-0.15, -0.1) is 11.3 Å². The SMILES string of the molecule is CCNC(Cc1cc(Br)cs1)Cc1c(F)cccc1Cl. The zero-order valence-corrected chi connectivity index (χ0v) is 14.3. The minimum atomic E-state index is -0.229. The van der Waals surface area contributed by atoms with Crippen molar-refractivity contribution >= 4 is 38.9 Å². The number of thiophene rings is 1. The third-order valence-corrected chi connectivity index (χ3v) is 5.15. The minimum Gasteiger partial charge on any atom is -0.314 e. The fraction of sp³-hybridized carbons (Fsp3) is 0.333. The zero-order chi connectivity index (χ0) is 14.5. The molecule has 1 aromatic carbocycles. The molecule has 2 aromatic rings. The van der Waals surface area contributed by atoms with Gasteiger partial charge in [0.15, 0.2) is 0 Å². The monoisotopic (exact) mass is 375 g/mol. The van der Waals surface area contributed by atoms with Crippen LogP contribution < -0.4 is 5.32 Å². The van der Waals surface area contributed by atoms with Crippen LogP contribution in [0, 0.1) is 5.82 Å². The van der Waals surface area contributed by atoms with Crippen molar-refractivity contribution in [2.45, 2.75) is 25.8 Å². The van der Waals surface area contributed by atoms with Crippen LogP contribution >= 0.6 is 38.9 Å². The zero-order valence-electron chi connectivity index (χ0n) is 11.1. The average molecular weight is 377 g/mol. The molecule has 0 spiro atoms. The topological polar surface area (TPSA) is 12.0 Å². The van der Waals surface area contributed by atoms with E-state index in [-0.39, 0.29) is 11.9 Å². The molecule has 0 fully saturated rings. The highest BCUT2D eigenvalue weighted by Crippen LogP contribution is 2.24. The summed E-state index contributed by atoms with van der Waals surface area (Å²) in [6, 6.07) is 7.13. The van der Waals surface area contributed by atoms with Crippen molar-refractivity contribution in [1.29, 1.82) is 0 Å². The number of nitrogens with one attached hydrogen (secondary N) is 1. The maximum atomic E-state index is 13.9. The van der Waals surface area contributed by atoms with E-state index in [0.717, 1.165) is 17.4 Å². The molecular formula is C15H16BrClFNS. The number of rotatable bonds is 6. The molecule has 0 radical (unpaired) electrons. The van der Waals surface area contributed by atoms with E-state index in [2.05, 4.69) is 39.6 Å². The Hall–Kier alpha value is -0.420. The lowest BCUT2D eigenvalue weighted by molar-refractivity contribution is 0.508. The highest BCUT2D eigenvalue weighted by atomic mass is 79.9. The van der Waals surface area contributed by atoms with Gasteiger partial charge < -0.3 is 5.32 Å². The van der Waals surface area contributed by atoms with Gasteiger partial charge in [-0.2, -0.15) is 0 Å². The quantitative estimate of drug-likeness (QED) is 0.742. The van der Waals surface area contributed by atoms with Crippen molar-refractivity contribution in [3.05, 3.63) is 55.4 Å². The Labute approximate surface area is 136 Å². The Balaban J connectivity index is 2.13. The Morgan fingerprint density at radius 2 is 2.20 bits per heavy atom. The molecule has 5 heteroatoms. The highest BCUT2D eigenvalue weighted by molar-refractivity contribution is 9.10. The van der Waals surface area contributed by atoms with Gasteiger partial charge in [0.25, 0.3) is 0 Å². The van der Waals surface area contributed by atoms with E-state index in [1.165, 1.54) is 10.9 Å². The summed E-state index contributed by atoms with van der Waals surface area (Å²) in [6.07, 6.45) is 1.46. The van der Waals surface area contributed by atoms with E-state index in [1.54, 1.807) is 23.5 Å². The fourth-order valence-corrected chi connectivity index (χ4v) is 3.96.